The Kier molecular flexibility index (Phi) is 3.61. The van der Waals surface area contributed by atoms with Gasteiger partial charge in [0, 0.05) is 12.1 Å². The van der Waals surface area contributed by atoms with Crippen molar-refractivity contribution < 1.29 is 0 Å². The van der Waals surface area contributed by atoms with Crippen LogP contribution in [-0.2, 0) is 0 Å². The molecule has 1 heterocycles. The number of aryl methyl sites for hydroxylation is 2. The lowest BCUT2D eigenvalue weighted by atomic mass is 10.1. The van der Waals surface area contributed by atoms with Gasteiger partial charge in [-0.15, -0.1) is 0 Å². The minimum atomic E-state index is -0.278. The van der Waals surface area contributed by atoms with Crippen LogP contribution in [0, 0.1) is 13.8 Å². The highest BCUT2D eigenvalue weighted by molar-refractivity contribution is 7.80. The molecule has 1 fully saturated rings. The van der Waals surface area contributed by atoms with Gasteiger partial charge in [0.1, 0.15) is 6.29 Å². The standard InChI is InChI=1S/C12H18N4S/c1-7-3-4-9(5-8(7)2)14-10-6-11(17)16-12(13)15-10/h3-5,10,12,14-15H,6,13H2,1-2H3,(H,16,17). The van der Waals surface area contributed by atoms with Gasteiger partial charge in [-0.2, -0.15) is 0 Å². The van der Waals surface area contributed by atoms with E-state index in [0.717, 1.165) is 17.1 Å². The summed E-state index contributed by atoms with van der Waals surface area (Å²) in [4.78, 5) is 0.789. The molecule has 1 aliphatic heterocycles. The summed E-state index contributed by atoms with van der Waals surface area (Å²) in [5, 5.41) is 9.56. The van der Waals surface area contributed by atoms with Crippen LogP contribution in [0.3, 0.4) is 0 Å². The van der Waals surface area contributed by atoms with Crippen molar-refractivity contribution in [3.63, 3.8) is 0 Å². The van der Waals surface area contributed by atoms with Gasteiger partial charge in [0.25, 0.3) is 0 Å². The third-order valence-electron chi connectivity index (χ3n) is 2.93. The van der Waals surface area contributed by atoms with Gasteiger partial charge in [-0.3, -0.25) is 11.1 Å². The lowest BCUT2D eigenvalue weighted by molar-refractivity contribution is 0.415. The molecule has 1 aromatic rings. The maximum atomic E-state index is 5.77. The zero-order chi connectivity index (χ0) is 12.4. The molecule has 0 saturated carbocycles. The highest BCUT2D eigenvalue weighted by Gasteiger charge is 2.20. The summed E-state index contributed by atoms with van der Waals surface area (Å²) >= 11 is 5.15. The number of hydrogen-bond acceptors (Lipinski definition) is 4. The van der Waals surface area contributed by atoms with E-state index in [9.17, 15) is 0 Å². The van der Waals surface area contributed by atoms with Gasteiger partial charge in [0.15, 0.2) is 0 Å². The van der Waals surface area contributed by atoms with Gasteiger partial charge in [-0.05, 0) is 37.1 Å². The van der Waals surface area contributed by atoms with E-state index < -0.39 is 0 Å². The fraction of sp³-hybridized carbons (Fsp3) is 0.417. The molecule has 0 aromatic heterocycles. The SMILES string of the molecule is Cc1ccc(NC2CC(=S)NC(N)N2)cc1C. The summed E-state index contributed by atoms with van der Waals surface area (Å²) in [6.45, 7) is 4.21. The van der Waals surface area contributed by atoms with Crippen LogP contribution in [0.25, 0.3) is 0 Å². The Morgan fingerprint density at radius 3 is 2.76 bits per heavy atom. The number of thiocarbonyl (C=S) groups is 1. The Bertz CT molecular complexity index is 433. The fourth-order valence-corrected chi connectivity index (χ4v) is 2.15. The first-order valence-electron chi connectivity index (χ1n) is 5.69. The first-order valence-corrected chi connectivity index (χ1v) is 6.10. The molecule has 1 saturated heterocycles. The van der Waals surface area contributed by atoms with Gasteiger partial charge < -0.3 is 10.6 Å². The molecule has 2 atom stereocenters. The van der Waals surface area contributed by atoms with E-state index in [1.807, 2.05) is 0 Å². The maximum Gasteiger partial charge on any atom is 0.131 e. The number of benzene rings is 1. The Morgan fingerprint density at radius 2 is 2.12 bits per heavy atom. The predicted octanol–water partition coefficient (Wildman–Crippen LogP) is 1.19. The van der Waals surface area contributed by atoms with Crippen LogP contribution in [0.1, 0.15) is 17.5 Å². The van der Waals surface area contributed by atoms with Crippen LogP contribution >= 0.6 is 12.2 Å². The van der Waals surface area contributed by atoms with E-state index >= 15 is 0 Å². The van der Waals surface area contributed by atoms with E-state index in [1.165, 1.54) is 11.1 Å². The Hall–Kier alpha value is -1.17. The minimum absolute atomic E-state index is 0.0841. The zero-order valence-electron chi connectivity index (χ0n) is 10.1. The summed E-state index contributed by atoms with van der Waals surface area (Å²) in [5.41, 5.74) is 9.43. The van der Waals surface area contributed by atoms with Crippen LogP contribution < -0.4 is 21.7 Å². The third-order valence-corrected chi connectivity index (χ3v) is 3.22. The van der Waals surface area contributed by atoms with Crippen LogP contribution in [0.15, 0.2) is 18.2 Å². The molecule has 0 amide bonds. The highest BCUT2D eigenvalue weighted by atomic mass is 32.1. The number of nitrogens with one attached hydrogen (secondary N) is 3. The van der Waals surface area contributed by atoms with Crippen molar-refractivity contribution in [3.8, 4) is 0 Å². The molecular formula is C12H18N4S. The molecule has 5 heteroatoms. The quantitative estimate of drug-likeness (QED) is 0.594. The number of hydrogen-bond donors (Lipinski definition) is 4. The summed E-state index contributed by atoms with van der Waals surface area (Å²) in [6, 6.07) is 6.31. The summed E-state index contributed by atoms with van der Waals surface area (Å²) in [5.74, 6) is 0. The smallest absolute Gasteiger partial charge is 0.131 e. The van der Waals surface area contributed by atoms with Gasteiger partial charge in [-0.25, -0.2) is 0 Å². The third kappa shape index (κ3) is 3.15. The zero-order valence-corrected chi connectivity index (χ0v) is 10.9. The average Bonchev–Trinajstić information content (AvgIpc) is 2.22. The van der Waals surface area contributed by atoms with Crippen molar-refractivity contribution >= 4 is 22.9 Å². The second kappa shape index (κ2) is 5.00. The van der Waals surface area contributed by atoms with Crippen LogP contribution in [0.4, 0.5) is 5.69 Å². The van der Waals surface area contributed by atoms with Crippen LogP contribution in [0.2, 0.25) is 0 Å². The van der Waals surface area contributed by atoms with E-state index in [1.54, 1.807) is 0 Å². The van der Waals surface area contributed by atoms with E-state index in [2.05, 4.69) is 48.0 Å². The van der Waals surface area contributed by atoms with Crippen molar-refractivity contribution in [1.29, 1.82) is 0 Å². The molecule has 0 bridgehead atoms. The molecule has 2 unspecified atom stereocenters. The first-order chi connectivity index (χ1) is 8.04. The van der Waals surface area contributed by atoms with Crippen molar-refractivity contribution in [3.05, 3.63) is 29.3 Å². The van der Waals surface area contributed by atoms with Crippen LogP contribution in [-0.4, -0.2) is 17.4 Å². The normalized spacial score (nSPS) is 24.3. The molecule has 1 aliphatic rings. The molecule has 17 heavy (non-hydrogen) atoms. The summed E-state index contributed by atoms with van der Waals surface area (Å²) < 4.78 is 0. The maximum absolute atomic E-state index is 5.77. The predicted molar refractivity (Wildman–Crippen MR) is 74.8 cm³/mol. The Morgan fingerprint density at radius 1 is 1.35 bits per heavy atom. The molecule has 5 N–H and O–H groups in total. The Balaban J connectivity index is 2.04. The van der Waals surface area contributed by atoms with E-state index in [-0.39, 0.29) is 12.5 Å². The lowest BCUT2D eigenvalue weighted by Crippen LogP contribution is -2.62. The number of anilines is 1. The molecule has 92 valence electrons. The largest absolute Gasteiger partial charge is 0.369 e. The fourth-order valence-electron chi connectivity index (χ4n) is 1.86. The summed E-state index contributed by atoms with van der Waals surface area (Å²) in [6.07, 6.45) is 0.553. The van der Waals surface area contributed by atoms with Crippen molar-refractivity contribution in [1.82, 2.24) is 10.6 Å². The van der Waals surface area contributed by atoms with Crippen molar-refractivity contribution in [2.24, 2.45) is 5.73 Å². The van der Waals surface area contributed by atoms with Gasteiger partial charge >= 0.3 is 0 Å². The monoisotopic (exact) mass is 250 g/mol. The first kappa shape index (κ1) is 12.3. The van der Waals surface area contributed by atoms with E-state index in [4.69, 9.17) is 18.0 Å². The topological polar surface area (TPSA) is 62.1 Å². The minimum Gasteiger partial charge on any atom is -0.369 e. The van der Waals surface area contributed by atoms with E-state index in [0.29, 0.717) is 0 Å². The molecule has 0 spiro atoms. The second-order valence-electron chi connectivity index (χ2n) is 4.41. The average molecular weight is 250 g/mol. The van der Waals surface area contributed by atoms with Gasteiger partial charge in [-0.1, -0.05) is 18.3 Å². The number of nitrogens with two attached hydrogens (primary N) is 1. The molecule has 0 radical (unpaired) electrons. The number of rotatable bonds is 2. The second-order valence-corrected chi connectivity index (χ2v) is 4.90. The van der Waals surface area contributed by atoms with Gasteiger partial charge in [0.2, 0.25) is 0 Å². The van der Waals surface area contributed by atoms with Crippen molar-refractivity contribution in [2.45, 2.75) is 32.7 Å². The lowest BCUT2D eigenvalue weighted by Gasteiger charge is -2.32. The molecule has 1 aromatic carbocycles. The van der Waals surface area contributed by atoms with Crippen LogP contribution in [0.5, 0.6) is 0 Å². The molecule has 2 rings (SSSR count). The van der Waals surface area contributed by atoms with Gasteiger partial charge in [0.05, 0.1) is 11.2 Å². The highest BCUT2D eigenvalue weighted by Crippen LogP contribution is 2.16. The summed E-state index contributed by atoms with van der Waals surface area (Å²) in [7, 11) is 0. The van der Waals surface area contributed by atoms with Crippen molar-refractivity contribution in [2.75, 3.05) is 5.32 Å². The molecule has 0 aliphatic carbocycles. The Labute approximate surface area is 107 Å². The molecule has 4 nitrogen and oxygen atoms in total. The molecular weight excluding hydrogens is 232 g/mol.